The number of carbonyl (C=O) groups is 1. The molecule has 0 aliphatic heterocycles. The molecule has 0 radical (unpaired) electrons. The average Bonchev–Trinajstić information content (AvgIpc) is 3.10. The molecule has 7 nitrogen and oxygen atoms in total. The maximum absolute atomic E-state index is 13.0. The third kappa shape index (κ3) is 5.36. The van der Waals surface area contributed by atoms with Crippen molar-refractivity contribution in [3.8, 4) is 0 Å². The lowest BCUT2D eigenvalue weighted by Crippen LogP contribution is -2.40. The average molecular weight is 368 g/mol. The van der Waals surface area contributed by atoms with Crippen LogP contribution in [-0.4, -0.2) is 47.8 Å². The third-order valence-corrected chi connectivity index (χ3v) is 5.53. The lowest BCUT2D eigenvalue weighted by Gasteiger charge is -2.20. The summed E-state index contributed by atoms with van der Waals surface area (Å²) in [6.45, 7) is 2.66. The first kappa shape index (κ1) is 19.1. The molecule has 0 saturated carbocycles. The van der Waals surface area contributed by atoms with E-state index in [1.54, 1.807) is 19.4 Å². The predicted octanol–water partition coefficient (Wildman–Crippen LogP) is 1.24. The number of likely N-dealkylation sites (N-methyl/N-ethyl adjacent to an activating group) is 1. The van der Waals surface area contributed by atoms with E-state index in [4.69, 9.17) is 0 Å². The number of carbonyl (C=O) groups excluding carboxylic acids is 1. The molecule has 1 aromatic carbocycles. The highest BCUT2D eigenvalue weighted by Gasteiger charge is 2.25. The number of nitrogens with zero attached hydrogens (tertiary/aromatic N) is 3. The van der Waals surface area contributed by atoms with Crippen molar-refractivity contribution in [2.45, 2.75) is 24.8 Å². The molecule has 0 aliphatic rings. The van der Waals surface area contributed by atoms with E-state index in [-0.39, 0.29) is 23.9 Å². The van der Waals surface area contributed by atoms with Crippen LogP contribution >= 0.6 is 0 Å². The van der Waals surface area contributed by atoms with Crippen LogP contribution < -0.4 is 5.32 Å². The Morgan fingerprint density at radius 3 is 2.64 bits per heavy atom. The summed E-state index contributed by atoms with van der Waals surface area (Å²) in [5.41, 5.74) is 0. The van der Waals surface area contributed by atoms with Crippen molar-refractivity contribution >= 4 is 15.9 Å². The summed E-state index contributed by atoms with van der Waals surface area (Å²) < 4.78 is 40.9. The Balaban J connectivity index is 1.87. The second-order valence-electron chi connectivity index (χ2n) is 5.39. The van der Waals surface area contributed by atoms with Crippen LogP contribution in [0.5, 0.6) is 0 Å². The van der Waals surface area contributed by atoms with Gasteiger partial charge in [0.15, 0.2) is 0 Å². The Labute approximate surface area is 146 Å². The molecule has 0 spiro atoms. The number of benzene rings is 1. The molecule has 1 aromatic heterocycles. The van der Waals surface area contributed by atoms with E-state index in [0.717, 1.165) is 16.4 Å². The Morgan fingerprint density at radius 2 is 2.04 bits per heavy atom. The highest BCUT2D eigenvalue weighted by Crippen LogP contribution is 2.15. The molecule has 2 rings (SSSR count). The van der Waals surface area contributed by atoms with Gasteiger partial charge in [-0.1, -0.05) is 6.92 Å². The second kappa shape index (κ2) is 8.72. The van der Waals surface area contributed by atoms with Crippen LogP contribution in [0.4, 0.5) is 4.39 Å². The number of rotatable bonds is 9. The number of sulfonamides is 1. The van der Waals surface area contributed by atoms with E-state index >= 15 is 0 Å². The molecular weight excluding hydrogens is 347 g/mol. The molecule has 2 aromatic rings. The van der Waals surface area contributed by atoms with Gasteiger partial charge in [-0.25, -0.2) is 17.8 Å². The zero-order chi connectivity index (χ0) is 18.3. The molecule has 25 heavy (non-hydrogen) atoms. The zero-order valence-corrected chi connectivity index (χ0v) is 14.7. The van der Waals surface area contributed by atoms with Gasteiger partial charge in [0, 0.05) is 32.0 Å². The summed E-state index contributed by atoms with van der Waals surface area (Å²) in [7, 11) is -3.84. The fourth-order valence-electron chi connectivity index (χ4n) is 2.25. The second-order valence-corrected chi connectivity index (χ2v) is 7.33. The molecule has 9 heteroatoms. The van der Waals surface area contributed by atoms with Crippen LogP contribution in [0.2, 0.25) is 0 Å². The lowest BCUT2D eigenvalue weighted by molar-refractivity contribution is -0.121. The Bertz CT molecular complexity index is 776. The molecule has 1 amide bonds. The van der Waals surface area contributed by atoms with Gasteiger partial charge in [-0.2, -0.15) is 4.31 Å². The van der Waals surface area contributed by atoms with Crippen LogP contribution in [0.1, 0.15) is 13.3 Å². The molecule has 1 heterocycles. The van der Waals surface area contributed by atoms with Gasteiger partial charge in [0.2, 0.25) is 15.9 Å². The Kier molecular flexibility index (Phi) is 6.65. The molecule has 0 atom stereocenters. The molecule has 0 unspecified atom stereocenters. The first-order valence-electron chi connectivity index (χ1n) is 7.91. The van der Waals surface area contributed by atoms with Gasteiger partial charge in [-0.05, 0) is 30.7 Å². The zero-order valence-electron chi connectivity index (χ0n) is 13.9. The fraction of sp³-hybridized carbons (Fsp3) is 0.375. The standard InChI is InChI=1S/C16H21FN4O3S/c1-2-21(25(23,24)15-6-4-14(17)5-7-15)12-16(22)19-8-3-10-20-11-9-18-13-20/h4-7,9,11,13H,2-3,8,10,12H2,1H3,(H,19,22). The van der Waals surface area contributed by atoms with Crippen molar-refractivity contribution in [1.29, 1.82) is 0 Å². The van der Waals surface area contributed by atoms with Crippen LogP contribution in [-0.2, 0) is 21.4 Å². The number of amides is 1. The summed E-state index contributed by atoms with van der Waals surface area (Å²) in [5.74, 6) is -0.893. The van der Waals surface area contributed by atoms with Crippen molar-refractivity contribution in [2.75, 3.05) is 19.6 Å². The van der Waals surface area contributed by atoms with Crippen molar-refractivity contribution in [2.24, 2.45) is 0 Å². The van der Waals surface area contributed by atoms with Gasteiger partial charge >= 0.3 is 0 Å². The van der Waals surface area contributed by atoms with Crippen LogP contribution in [0, 0.1) is 5.82 Å². The number of aromatic nitrogens is 2. The molecule has 136 valence electrons. The van der Waals surface area contributed by atoms with Gasteiger partial charge < -0.3 is 9.88 Å². The lowest BCUT2D eigenvalue weighted by atomic mass is 10.4. The summed E-state index contributed by atoms with van der Waals surface area (Å²) >= 11 is 0. The summed E-state index contributed by atoms with van der Waals surface area (Å²) in [6, 6.07) is 4.54. The highest BCUT2D eigenvalue weighted by molar-refractivity contribution is 7.89. The minimum absolute atomic E-state index is 0.0383. The third-order valence-electron chi connectivity index (χ3n) is 3.60. The van der Waals surface area contributed by atoms with Gasteiger partial charge in [0.1, 0.15) is 5.82 Å². The summed E-state index contributed by atoms with van der Waals surface area (Å²) in [5, 5.41) is 2.70. The number of hydrogen-bond donors (Lipinski definition) is 1. The number of imidazole rings is 1. The number of nitrogens with one attached hydrogen (secondary N) is 1. The highest BCUT2D eigenvalue weighted by atomic mass is 32.2. The van der Waals surface area contributed by atoms with Crippen LogP contribution in [0.25, 0.3) is 0 Å². The first-order chi connectivity index (χ1) is 11.9. The van der Waals surface area contributed by atoms with E-state index in [2.05, 4.69) is 10.3 Å². The Morgan fingerprint density at radius 1 is 1.32 bits per heavy atom. The van der Waals surface area contributed by atoms with Gasteiger partial charge in [-0.15, -0.1) is 0 Å². The number of aryl methyl sites for hydroxylation is 1. The van der Waals surface area contributed by atoms with Gasteiger partial charge in [0.05, 0.1) is 17.8 Å². The smallest absolute Gasteiger partial charge is 0.243 e. The van der Waals surface area contributed by atoms with Crippen molar-refractivity contribution in [3.63, 3.8) is 0 Å². The van der Waals surface area contributed by atoms with E-state index in [1.807, 2.05) is 10.8 Å². The maximum Gasteiger partial charge on any atom is 0.243 e. The largest absolute Gasteiger partial charge is 0.355 e. The quantitative estimate of drug-likeness (QED) is 0.675. The fourth-order valence-corrected chi connectivity index (χ4v) is 3.65. The van der Waals surface area contributed by atoms with Crippen LogP contribution in [0.3, 0.4) is 0 Å². The maximum atomic E-state index is 13.0. The van der Waals surface area contributed by atoms with Gasteiger partial charge in [-0.3, -0.25) is 4.79 Å². The molecular formula is C16H21FN4O3S. The van der Waals surface area contributed by atoms with E-state index in [0.29, 0.717) is 19.5 Å². The summed E-state index contributed by atoms with van der Waals surface area (Å²) in [4.78, 5) is 15.9. The van der Waals surface area contributed by atoms with Crippen molar-refractivity contribution in [3.05, 3.63) is 48.8 Å². The minimum Gasteiger partial charge on any atom is -0.355 e. The van der Waals surface area contributed by atoms with Crippen molar-refractivity contribution in [1.82, 2.24) is 19.2 Å². The van der Waals surface area contributed by atoms with E-state index in [1.165, 1.54) is 12.1 Å². The molecule has 0 fully saturated rings. The van der Waals surface area contributed by atoms with Gasteiger partial charge in [0.25, 0.3) is 0 Å². The normalized spacial score (nSPS) is 11.6. The molecule has 1 N–H and O–H groups in total. The van der Waals surface area contributed by atoms with Crippen LogP contribution in [0.15, 0.2) is 47.9 Å². The Hall–Kier alpha value is -2.26. The predicted molar refractivity (Wildman–Crippen MR) is 90.7 cm³/mol. The number of halogens is 1. The monoisotopic (exact) mass is 368 g/mol. The SMILES string of the molecule is CCN(CC(=O)NCCCn1ccnc1)S(=O)(=O)c1ccc(F)cc1. The number of hydrogen-bond acceptors (Lipinski definition) is 4. The minimum atomic E-state index is -3.84. The van der Waals surface area contributed by atoms with E-state index in [9.17, 15) is 17.6 Å². The van der Waals surface area contributed by atoms with Crippen molar-refractivity contribution < 1.29 is 17.6 Å². The first-order valence-corrected chi connectivity index (χ1v) is 9.35. The summed E-state index contributed by atoms with van der Waals surface area (Å²) in [6.07, 6.45) is 5.91. The molecule has 0 saturated heterocycles. The van der Waals surface area contributed by atoms with E-state index < -0.39 is 15.8 Å². The molecule has 0 bridgehead atoms. The molecule has 0 aliphatic carbocycles. The topological polar surface area (TPSA) is 84.3 Å².